The van der Waals surface area contributed by atoms with Crippen LogP contribution in [0.2, 0.25) is 0 Å². The third-order valence-corrected chi connectivity index (χ3v) is 2.01. The molecule has 0 amide bonds. The van der Waals surface area contributed by atoms with Crippen molar-refractivity contribution in [3.8, 4) is 0 Å². The number of allylic oxidation sites excluding steroid dienone is 8. The number of rotatable bonds is 0. The summed E-state index contributed by atoms with van der Waals surface area (Å²) in [5.41, 5.74) is 0. The van der Waals surface area contributed by atoms with Crippen molar-refractivity contribution in [2.45, 2.75) is 32.1 Å². The first-order valence-electron chi connectivity index (χ1n) is 5.13. The average Bonchev–Trinajstić information content (AvgIpc) is 2.18. The molecule has 13 heavy (non-hydrogen) atoms. The molecule has 0 nitrogen and oxygen atoms in total. The van der Waals surface area contributed by atoms with E-state index in [1.54, 1.807) is 0 Å². The van der Waals surface area contributed by atoms with Crippen LogP contribution in [0, 0.1) is 0 Å². The lowest BCUT2D eigenvalue weighted by Crippen LogP contribution is -1.69. The molecule has 0 saturated carbocycles. The van der Waals surface area contributed by atoms with Crippen LogP contribution in [0.1, 0.15) is 32.1 Å². The first-order valence-corrected chi connectivity index (χ1v) is 5.13. The van der Waals surface area contributed by atoms with Crippen molar-refractivity contribution in [3.63, 3.8) is 0 Å². The van der Waals surface area contributed by atoms with Gasteiger partial charge in [0.15, 0.2) is 0 Å². The van der Waals surface area contributed by atoms with E-state index in [0.29, 0.717) is 0 Å². The van der Waals surface area contributed by atoms with Crippen molar-refractivity contribution in [1.82, 2.24) is 0 Å². The van der Waals surface area contributed by atoms with Gasteiger partial charge in [-0.15, -0.1) is 0 Å². The minimum Gasteiger partial charge on any atom is -0.0885 e. The molecule has 0 bridgehead atoms. The summed E-state index contributed by atoms with van der Waals surface area (Å²) in [6.07, 6.45) is 23.5. The first-order chi connectivity index (χ1) is 6.50. The van der Waals surface area contributed by atoms with Gasteiger partial charge in [-0.1, -0.05) is 48.6 Å². The van der Waals surface area contributed by atoms with Gasteiger partial charge in [0.05, 0.1) is 0 Å². The number of hydrogen-bond acceptors (Lipinski definition) is 0. The summed E-state index contributed by atoms with van der Waals surface area (Å²) in [6, 6.07) is 0. The molecule has 0 aromatic rings. The normalized spacial score (nSPS) is 26.5. The van der Waals surface area contributed by atoms with Gasteiger partial charge in [0.1, 0.15) is 0 Å². The second-order valence-electron chi connectivity index (χ2n) is 3.22. The minimum atomic E-state index is 1.16. The zero-order valence-corrected chi connectivity index (χ0v) is 8.15. The Morgan fingerprint density at radius 3 is 1.85 bits per heavy atom. The molecule has 0 aromatic carbocycles. The maximum Gasteiger partial charge on any atom is -0.0313 e. The van der Waals surface area contributed by atoms with Gasteiger partial charge in [0.2, 0.25) is 0 Å². The Balaban J connectivity index is 2.38. The summed E-state index contributed by atoms with van der Waals surface area (Å²) >= 11 is 0. The molecule has 0 heteroatoms. The second kappa shape index (κ2) is 7.60. The molecule has 0 aromatic heterocycles. The summed E-state index contributed by atoms with van der Waals surface area (Å²) in [4.78, 5) is 0. The lowest BCUT2D eigenvalue weighted by Gasteiger charge is -1.89. The average molecular weight is 174 g/mol. The number of hydrogen-bond donors (Lipinski definition) is 0. The predicted molar refractivity (Wildman–Crippen MR) is 59.6 cm³/mol. The van der Waals surface area contributed by atoms with E-state index in [2.05, 4.69) is 48.6 Å². The molecule has 0 atom stereocenters. The van der Waals surface area contributed by atoms with Gasteiger partial charge in [-0.3, -0.25) is 0 Å². The highest BCUT2D eigenvalue weighted by Gasteiger charge is 1.81. The molecule has 1 rings (SSSR count). The molecule has 0 saturated heterocycles. The van der Waals surface area contributed by atoms with Crippen LogP contribution in [0.4, 0.5) is 0 Å². The van der Waals surface area contributed by atoms with E-state index >= 15 is 0 Å². The topological polar surface area (TPSA) is 0 Å². The molecule has 0 aliphatic heterocycles. The molecule has 0 spiro atoms. The molecule has 0 N–H and O–H groups in total. The highest BCUT2D eigenvalue weighted by atomic mass is 13.9. The van der Waals surface area contributed by atoms with Crippen molar-refractivity contribution >= 4 is 0 Å². The summed E-state index contributed by atoms with van der Waals surface area (Å²) in [5, 5.41) is 0. The summed E-state index contributed by atoms with van der Waals surface area (Å²) in [5.74, 6) is 0. The minimum absolute atomic E-state index is 1.16. The van der Waals surface area contributed by atoms with Gasteiger partial charge in [-0.25, -0.2) is 0 Å². The van der Waals surface area contributed by atoms with E-state index < -0.39 is 0 Å². The van der Waals surface area contributed by atoms with Crippen LogP contribution in [-0.2, 0) is 0 Å². The van der Waals surface area contributed by atoms with Crippen molar-refractivity contribution in [2.75, 3.05) is 0 Å². The predicted octanol–water partition coefficient (Wildman–Crippen LogP) is 4.18. The van der Waals surface area contributed by atoms with Crippen LogP contribution >= 0.6 is 0 Å². The molecule has 0 heterocycles. The fraction of sp³-hybridized carbons (Fsp3) is 0.385. The maximum absolute atomic E-state index is 2.30. The summed E-state index contributed by atoms with van der Waals surface area (Å²) in [7, 11) is 0. The summed E-state index contributed by atoms with van der Waals surface area (Å²) in [6.45, 7) is 0. The van der Waals surface area contributed by atoms with Gasteiger partial charge < -0.3 is 0 Å². The van der Waals surface area contributed by atoms with Crippen LogP contribution in [0.15, 0.2) is 48.6 Å². The van der Waals surface area contributed by atoms with Gasteiger partial charge in [0, 0.05) is 0 Å². The van der Waals surface area contributed by atoms with E-state index in [1.807, 2.05) is 0 Å². The Labute approximate surface area is 81.4 Å². The van der Waals surface area contributed by atoms with E-state index in [-0.39, 0.29) is 0 Å². The zero-order chi connectivity index (χ0) is 9.19. The Hall–Kier alpha value is -1.04. The van der Waals surface area contributed by atoms with Gasteiger partial charge in [-0.05, 0) is 32.1 Å². The Morgan fingerprint density at radius 1 is 0.462 bits per heavy atom. The SMILES string of the molecule is C1=CCCC/C=C\CC/C=C/C=C\1. The first kappa shape index (κ1) is 10.0. The van der Waals surface area contributed by atoms with Crippen LogP contribution < -0.4 is 0 Å². The molecule has 1 aliphatic carbocycles. The van der Waals surface area contributed by atoms with E-state index in [1.165, 1.54) is 25.7 Å². The van der Waals surface area contributed by atoms with Gasteiger partial charge >= 0.3 is 0 Å². The Bertz CT molecular complexity index is 216. The third kappa shape index (κ3) is 6.15. The standard InChI is InChI=1S/C13H18/c1-2-4-6-8-10-12-13-11-9-7-5-3-1/h1-6,11,13H,7-10,12H2/b2-1-,5-3+,6-4?,13-11-. The quantitative estimate of drug-likeness (QED) is 0.483. The molecule has 0 fully saturated rings. The summed E-state index contributed by atoms with van der Waals surface area (Å²) < 4.78 is 0. The largest absolute Gasteiger partial charge is 0.0885 e. The lowest BCUT2D eigenvalue weighted by molar-refractivity contribution is 0.863. The highest BCUT2D eigenvalue weighted by Crippen LogP contribution is 2.01. The highest BCUT2D eigenvalue weighted by molar-refractivity contribution is 5.11. The van der Waals surface area contributed by atoms with E-state index in [0.717, 1.165) is 6.42 Å². The molecular weight excluding hydrogens is 156 g/mol. The molecule has 1 aliphatic rings. The maximum atomic E-state index is 2.30. The Kier molecular flexibility index (Phi) is 5.87. The van der Waals surface area contributed by atoms with Crippen molar-refractivity contribution in [3.05, 3.63) is 48.6 Å². The monoisotopic (exact) mass is 174 g/mol. The zero-order valence-electron chi connectivity index (χ0n) is 8.15. The van der Waals surface area contributed by atoms with Gasteiger partial charge in [-0.2, -0.15) is 0 Å². The fourth-order valence-electron chi connectivity index (χ4n) is 1.26. The van der Waals surface area contributed by atoms with Crippen molar-refractivity contribution < 1.29 is 0 Å². The Morgan fingerprint density at radius 2 is 1.00 bits per heavy atom. The molecule has 70 valence electrons. The van der Waals surface area contributed by atoms with Crippen molar-refractivity contribution in [2.24, 2.45) is 0 Å². The van der Waals surface area contributed by atoms with Crippen molar-refractivity contribution in [1.29, 1.82) is 0 Å². The van der Waals surface area contributed by atoms with Crippen LogP contribution in [-0.4, -0.2) is 0 Å². The second-order valence-corrected chi connectivity index (χ2v) is 3.22. The lowest BCUT2D eigenvalue weighted by atomic mass is 10.2. The van der Waals surface area contributed by atoms with Gasteiger partial charge in [0.25, 0.3) is 0 Å². The van der Waals surface area contributed by atoms with Crippen LogP contribution in [0.3, 0.4) is 0 Å². The molecule has 0 unspecified atom stereocenters. The fourth-order valence-corrected chi connectivity index (χ4v) is 1.26. The van der Waals surface area contributed by atoms with Crippen LogP contribution in [0.25, 0.3) is 0 Å². The van der Waals surface area contributed by atoms with E-state index in [9.17, 15) is 0 Å². The third-order valence-electron chi connectivity index (χ3n) is 2.01. The smallest absolute Gasteiger partial charge is 0.0313 e. The van der Waals surface area contributed by atoms with E-state index in [4.69, 9.17) is 0 Å². The molecule has 0 radical (unpaired) electrons. The molecular formula is C13H18. The van der Waals surface area contributed by atoms with Crippen LogP contribution in [0.5, 0.6) is 0 Å².